The number of halogens is 2. The predicted molar refractivity (Wildman–Crippen MR) is 74.4 cm³/mol. The molecule has 1 unspecified atom stereocenters. The highest BCUT2D eigenvalue weighted by atomic mass is 35.5. The van der Waals surface area contributed by atoms with Crippen molar-refractivity contribution in [1.29, 1.82) is 0 Å². The molecule has 0 fully saturated rings. The fourth-order valence-corrected chi connectivity index (χ4v) is 2.28. The average Bonchev–Trinajstić information content (AvgIpc) is 2.29. The summed E-state index contributed by atoms with van der Waals surface area (Å²) in [6.07, 6.45) is 0. The van der Waals surface area contributed by atoms with Gasteiger partial charge in [0, 0.05) is 16.4 Å². The summed E-state index contributed by atoms with van der Waals surface area (Å²) in [6, 6.07) is 12.7. The van der Waals surface area contributed by atoms with E-state index in [9.17, 15) is 0 Å². The lowest BCUT2D eigenvalue weighted by Gasteiger charge is -2.12. The molecule has 4 heteroatoms. The number of anilines is 2. The first kappa shape index (κ1) is 12.1. The fourth-order valence-electron chi connectivity index (χ4n) is 1.59. The molecule has 0 aliphatic heterocycles. The second kappa shape index (κ2) is 4.86. The lowest BCUT2D eigenvalue weighted by atomic mass is 10.0. The van der Waals surface area contributed by atoms with Crippen molar-refractivity contribution in [3.63, 3.8) is 0 Å². The quantitative estimate of drug-likeness (QED) is 0.641. The summed E-state index contributed by atoms with van der Waals surface area (Å²) in [7, 11) is 0. The van der Waals surface area contributed by atoms with Crippen LogP contribution in [0.1, 0.15) is 16.5 Å². The zero-order valence-electron chi connectivity index (χ0n) is 9.03. The first-order chi connectivity index (χ1) is 8.08. The van der Waals surface area contributed by atoms with Crippen LogP contribution in [-0.2, 0) is 0 Å². The Morgan fingerprint density at radius 3 is 2.06 bits per heavy atom. The molecular weight excluding hydrogens is 255 g/mol. The SMILES string of the molecule is Nc1ccc(C(Cl)c2ccc(N)cc2Cl)cc1. The van der Waals surface area contributed by atoms with Gasteiger partial charge in [0.15, 0.2) is 0 Å². The molecule has 0 spiro atoms. The van der Waals surface area contributed by atoms with E-state index in [1.807, 2.05) is 30.3 Å². The molecule has 0 amide bonds. The van der Waals surface area contributed by atoms with Crippen LogP contribution < -0.4 is 11.5 Å². The molecule has 17 heavy (non-hydrogen) atoms. The lowest BCUT2D eigenvalue weighted by Crippen LogP contribution is -1.96. The molecule has 0 saturated heterocycles. The molecule has 2 rings (SSSR count). The van der Waals surface area contributed by atoms with Gasteiger partial charge in [-0.2, -0.15) is 0 Å². The third-order valence-corrected chi connectivity index (χ3v) is 3.34. The van der Waals surface area contributed by atoms with Gasteiger partial charge in [-0.3, -0.25) is 0 Å². The molecule has 2 nitrogen and oxygen atoms in total. The molecule has 4 N–H and O–H groups in total. The highest BCUT2D eigenvalue weighted by Gasteiger charge is 2.14. The van der Waals surface area contributed by atoms with Crippen molar-refractivity contribution in [3.8, 4) is 0 Å². The number of alkyl halides is 1. The summed E-state index contributed by atoms with van der Waals surface area (Å²) in [5.74, 6) is 0. The average molecular weight is 267 g/mol. The van der Waals surface area contributed by atoms with Crippen molar-refractivity contribution >= 4 is 34.6 Å². The summed E-state index contributed by atoms with van der Waals surface area (Å²) < 4.78 is 0. The topological polar surface area (TPSA) is 52.0 Å². The molecular formula is C13H12Cl2N2. The zero-order chi connectivity index (χ0) is 12.4. The molecule has 2 aromatic carbocycles. The van der Waals surface area contributed by atoms with Gasteiger partial charge < -0.3 is 11.5 Å². The van der Waals surface area contributed by atoms with Crippen molar-refractivity contribution in [3.05, 3.63) is 58.6 Å². The van der Waals surface area contributed by atoms with E-state index < -0.39 is 0 Å². The van der Waals surface area contributed by atoms with Crippen molar-refractivity contribution in [2.75, 3.05) is 11.5 Å². The molecule has 0 aromatic heterocycles. The van der Waals surface area contributed by atoms with Crippen LogP contribution in [0.2, 0.25) is 5.02 Å². The highest BCUT2D eigenvalue weighted by molar-refractivity contribution is 6.33. The summed E-state index contributed by atoms with van der Waals surface area (Å²) in [6.45, 7) is 0. The molecule has 0 radical (unpaired) electrons. The summed E-state index contributed by atoms with van der Waals surface area (Å²) in [5.41, 5.74) is 14.4. The van der Waals surface area contributed by atoms with Crippen LogP contribution in [-0.4, -0.2) is 0 Å². The van der Waals surface area contributed by atoms with Gasteiger partial charge in [0.1, 0.15) is 0 Å². The number of rotatable bonds is 2. The largest absolute Gasteiger partial charge is 0.399 e. The Kier molecular flexibility index (Phi) is 3.46. The smallest absolute Gasteiger partial charge is 0.0849 e. The molecule has 88 valence electrons. The van der Waals surface area contributed by atoms with Gasteiger partial charge in [0.25, 0.3) is 0 Å². The van der Waals surface area contributed by atoms with E-state index in [2.05, 4.69) is 0 Å². The second-order valence-corrected chi connectivity index (χ2v) is 4.65. The Balaban J connectivity index is 2.36. The maximum Gasteiger partial charge on any atom is 0.0849 e. The Labute approximate surface area is 110 Å². The van der Waals surface area contributed by atoms with E-state index in [0.29, 0.717) is 16.4 Å². The third-order valence-electron chi connectivity index (χ3n) is 2.53. The van der Waals surface area contributed by atoms with Crippen LogP contribution in [0.5, 0.6) is 0 Å². The van der Waals surface area contributed by atoms with E-state index in [4.69, 9.17) is 34.7 Å². The number of hydrogen-bond donors (Lipinski definition) is 2. The van der Waals surface area contributed by atoms with Crippen LogP contribution in [0.15, 0.2) is 42.5 Å². The minimum Gasteiger partial charge on any atom is -0.399 e. The van der Waals surface area contributed by atoms with Gasteiger partial charge in [-0.25, -0.2) is 0 Å². The number of nitrogens with two attached hydrogens (primary N) is 2. The van der Waals surface area contributed by atoms with Crippen LogP contribution in [0.3, 0.4) is 0 Å². The molecule has 0 aliphatic carbocycles. The Hall–Kier alpha value is -1.38. The van der Waals surface area contributed by atoms with E-state index >= 15 is 0 Å². The first-order valence-corrected chi connectivity index (χ1v) is 5.94. The van der Waals surface area contributed by atoms with E-state index in [-0.39, 0.29) is 5.38 Å². The van der Waals surface area contributed by atoms with Gasteiger partial charge in [0.2, 0.25) is 0 Å². The first-order valence-electron chi connectivity index (χ1n) is 5.12. The maximum absolute atomic E-state index is 6.38. The summed E-state index contributed by atoms with van der Waals surface area (Å²) in [5, 5.41) is 0.269. The monoisotopic (exact) mass is 266 g/mol. The van der Waals surface area contributed by atoms with Crippen LogP contribution in [0.4, 0.5) is 11.4 Å². The minimum atomic E-state index is -0.302. The van der Waals surface area contributed by atoms with Crippen molar-refractivity contribution in [2.45, 2.75) is 5.38 Å². The van der Waals surface area contributed by atoms with E-state index in [1.165, 1.54) is 0 Å². The van der Waals surface area contributed by atoms with E-state index in [1.54, 1.807) is 12.1 Å². The van der Waals surface area contributed by atoms with Gasteiger partial charge in [-0.15, -0.1) is 11.6 Å². The standard InChI is InChI=1S/C13H12Cl2N2/c14-12-7-10(17)5-6-11(12)13(15)8-1-3-9(16)4-2-8/h1-7,13H,16-17H2. The molecule has 0 heterocycles. The van der Waals surface area contributed by atoms with Crippen molar-refractivity contribution in [1.82, 2.24) is 0 Å². The van der Waals surface area contributed by atoms with E-state index in [0.717, 1.165) is 11.1 Å². The predicted octanol–water partition coefficient (Wildman–Crippen LogP) is 3.83. The van der Waals surface area contributed by atoms with Crippen molar-refractivity contribution < 1.29 is 0 Å². The van der Waals surface area contributed by atoms with Gasteiger partial charge >= 0.3 is 0 Å². The highest BCUT2D eigenvalue weighted by Crippen LogP contribution is 2.34. The van der Waals surface area contributed by atoms with Gasteiger partial charge in [0.05, 0.1) is 5.38 Å². The second-order valence-electron chi connectivity index (χ2n) is 3.81. The Morgan fingerprint density at radius 2 is 1.47 bits per heavy atom. The third kappa shape index (κ3) is 2.65. The van der Waals surface area contributed by atoms with Crippen LogP contribution in [0, 0.1) is 0 Å². The fraction of sp³-hybridized carbons (Fsp3) is 0.0769. The molecule has 0 saturated carbocycles. The minimum absolute atomic E-state index is 0.302. The van der Waals surface area contributed by atoms with Crippen molar-refractivity contribution in [2.24, 2.45) is 0 Å². The Morgan fingerprint density at radius 1 is 0.882 bits per heavy atom. The number of nitrogen functional groups attached to an aromatic ring is 2. The lowest BCUT2D eigenvalue weighted by molar-refractivity contribution is 1.14. The normalized spacial score (nSPS) is 12.4. The summed E-state index contributed by atoms with van der Waals surface area (Å²) >= 11 is 12.5. The number of benzene rings is 2. The maximum atomic E-state index is 6.38. The molecule has 1 atom stereocenters. The van der Waals surface area contributed by atoms with Crippen LogP contribution in [0.25, 0.3) is 0 Å². The molecule has 0 bridgehead atoms. The van der Waals surface area contributed by atoms with Crippen LogP contribution >= 0.6 is 23.2 Å². The summed E-state index contributed by atoms with van der Waals surface area (Å²) in [4.78, 5) is 0. The molecule has 0 aliphatic rings. The zero-order valence-corrected chi connectivity index (χ0v) is 10.5. The Bertz CT molecular complexity index is 523. The number of hydrogen-bond acceptors (Lipinski definition) is 2. The molecule has 2 aromatic rings. The van der Waals surface area contributed by atoms with Gasteiger partial charge in [-0.1, -0.05) is 29.8 Å². The van der Waals surface area contributed by atoms with Gasteiger partial charge in [-0.05, 0) is 35.4 Å².